The molecule has 0 radical (unpaired) electrons. The molecule has 4 N–H and O–H groups in total. The highest BCUT2D eigenvalue weighted by molar-refractivity contribution is 6.04. The van der Waals surface area contributed by atoms with Gasteiger partial charge in [0.1, 0.15) is 12.3 Å². The van der Waals surface area contributed by atoms with E-state index in [1.54, 1.807) is 6.20 Å². The van der Waals surface area contributed by atoms with Crippen molar-refractivity contribution in [3.05, 3.63) is 27.8 Å². The molecule has 2 aliphatic carbocycles. The first-order chi connectivity index (χ1) is 14.2. The first-order valence-corrected chi connectivity index (χ1v) is 10.6. The predicted molar refractivity (Wildman–Crippen MR) is 112 cm³/mol. The Morgan fingerprint density at radius 1 is 1.37 bits per heavy atom. The molecule has 7 nitrogen and oxygen atoms in total. The Labute approximate surface area is 172 Å². The lowest BCUT2D eigenvalue weighted by atomic mass is 9.92. The van der Waals surface area contributed by atoms with Crippen LogP contribution >= 0.6 is 0 Å². The molecule has 3 fully saturated rings. The van der Waals surface area contributed by atoms with Gasteiger partial charge in [-0.1, -0.05) is 0 Å². The maximum Gasteiger partial charge on any atom is 0.202 e. The number of carbonyl (C=O) groups is 1. The molecule has 1 aromatic heterocycles. The molecular formula is C22H25FN4O3. The Morgan fingerprint density at radius 3 is 2.83 bits per heavy atom. The Hall–Kier alpha value is -2.61. The second-order valence-corrected chi connectivity index (χ2v) is 9.65. The lowest BCUT2D eigenvalue weighted by Gasteiger charge is -2.32. The number of carbonyl (C=O) groups excluding carboxylic acids is 1. The van der Waals surface area contributed by atoms with Crippen molar-refractivity contribution in [3.63, 3.8) is 0 Å². The Bertz CT molecular complexity index is 1210. The van der Waals surface area contributed by atoms with E-state index < -0.39 is 11.2 Å². The number of nitrogens with two attached hydrogens (primary N) is 2. The minimum atomic E-state index is -0.644. The van der Waals surface area contributed by atoms with Crippen LogP contribution in [0, 0.1) is 23.6 Å². The van der Waals surface area contributed by atoms with Crippen LogP contribution in [0.2, 0.25) is 0 Å². The normalized spacial score (nSPS) is 33.4. The first-order valence-electron chi connectivity index (χ1n) is 10.6. The van der Waals surface area contributed by atoms with Gasteiger partial charge in [-0.05, 0) is 44.4 Å². The van der Waals surface area contributed by atoms with E-state index in [1.165, 1.54) is 6.92 Å². The van der Waals surface area contributed by atoms with Crippen LogP contribution in [-0.4, -0.2) is 35.6 Å². The zero-order chi connectivity index (χ0) is 21.1. The third-order valence-corrected chi connectivity index (χ3v) is 7.94. The predicted octanol–water partition coefficient (Wildman–Crippen LogP) is 2.05. The maximum absolute atomic E-state index is 15.7. The average Bonchev–Trinajstić information content (AvgIpc) is 3.04. The summed E-state index contributed by atoms with van der Waals surface area (Å²) in [6.07, 6.45) is 3.70. The number of hydrogen-bond acceptors (Lipinski definition) is 6. The topological polar surface area (TPSA) is 104 Å². The molecular weight excluding hydrogens is 387 g/mol. The van der Waals surface area contributed by atoms with Gasteiger partial charge in [0.05, 0.1) is 28.2 Å². The molecule has 6 rings (SSSR count). The number of anilines is 2. The van der Waals surface area contributed by atoms with Crippen molar-refractivity contribution >= 4 is 28.1 Å². The van der Waals surface area contributed by atoms with E-state index in [2.05, 4.69) is 0 Å². The van der Waals surface area contributed by atoms with Gasteiger partial charge in [0.2, 0.25) is 5.43 Å². The standard InChI is InChI=1S/C22H25FN4O3/c1-9-8-30-21-18-15(20(29)13(10(2)28)6-27(9)18)17(24)16(23)19(21)26-5-11-3-12-4-22(12,25)14(11)7-26/h6,9,11-12,14H,3-5,7-8,24-25H2,1-2H3/t9-,11?,12?,14?,22+/m0/s1. The molecule has 158 valence electrons. The van der Waals surface area contributed by atoms with Gasteiger partial charge >= 0.3 is 0 Å². The summed E-state index contributed by atoms with van der Waals surface area (Å²) in [6.45, 7) is 4.97. The van der Waals surface area contributed by atoms with Crippen LogP contribution in [0.4, 0.5) is 15.8 Å². The molecule has 30 heavy (non-hydrogen) atoms. The van der Waals surface area contributed by atoms with Crippen LogP contribution in [-0.2, 0) is 0 Å². The molecule has 0 bridgehead atoms. The zero-order valence-electron chi connectivity index (χ0n) is 17.1. The van der Waals surface area contributed by atoms with E-state index in [-0.39, 0.29) is 34.0 Å². The smallest absolute Gasteiger partial charge is 0.202 e. The number of benzene rings is 1. The summed E-state index contributed by atoms with van der Waals surface area (Å²) in [6, 6.07) is -0.117. The molecule has 1 aromatic carbocycles. The maximum atomic E-state index is 15.7. The number of hydrogen-bond donors (Lipinski definition) is 2. The fourth-order valence-corrected chi connectivity index (χ4v) is 6.26. The number of fused-ring (bicyclic) bond motifs is 3. The summed E-state index contributed by atoms with van der Waals surface area (Å²) in [5.74, 6) is 0.731. The fourth-order valence-electron chi connectivity index (χ4n) is 6.26. The number of aromatic nitrogens is 1. The summed E-state index contributed by atoms with van der Waals surface area (Å²) in [4.78, 5) is 27.1. The third-order valence-electron chi connectivity index (χ3n) is 7.94. The number of ether oxygens (including phenoxy) is 1. The van der Waals surface area contributed by atoms with Crippen molar-refractivity contribution in [1.29, 1.82) is 0 Å². The van der Waals surface area contributed by atoms with Crippen LogP contribution < -0.4 is 26.5 Å². The van der Waals surface area contributed by atoms with E-state index in [4.69, 9.17) is 16.2 Å². The molecule has 2 aromatic rings. The lowest BCUT2D eigenvalue weighted by molar-refractivity contribution is 0.101. The fraction of sp³-hybridized carbons (Fsp3) is 0.545. The summed E-state index contributed by atoms with van der Waals surface area (Å²) < 4.78 is 23.5. The summed E-state index contributed by atoms with van der Waals surface area (Å²) in [5, 5.41) is 0.0300. The molecule has 2 saturated carbocycles. The van der Waals surface area contributed by atoms with Crippen LogP contribution in [0.3, 0.4) is 0 Å². The number of nitrogen functional groups attached to an aromatic ring is 1. The third kappa shape index (κ3) is 2.07. The quantitative estimate of drug-likeness (QED) is 0.578. The SMILES string of the molecule is CC(=O)c1cn2c3c(c(N4CC5CC6C[C@]6(N)C5C4)c(F)c(N)c3c1=O)OC[C@@H]2C. The average molecular weight is 412 g/mol. The Balaban J connectivity index is 1.59. The highest BCUT2D eigenvalue weighted by atomic mass is 19.1. The largest absolute Gasteiger partial charge is 0.487 e. The van der Waals surface area contributed by atoms with Gasteiger partial charge in [0.15, 0.2) is 17.3 Å². The van der Waals surface area contributed by atoms with E-state index in [0.717, 1.165) is 12.8 Å². The number of rotatable bonds is 2. The van der Waals surface area contributed by atoms with Gasteiger partial charge in [0, 0.05) is 24.8 Å². The molecule has 2 aliphatic heterocycles. The molecule has 4 aliphatic rings. The van der Waals surface area contributed by atoms with E-state index in [9.17, 15) is 9.59 Å². The van der Waals surface area contributed by atoms with Gasteiger partial charge in [0.25, 0.3) is 0 Å². The minimum absolute atomic E-state index is 0.0154. The van der Waals surface area contributed by atoms with E-state index in [0.29, 0.717) is 54.4 Å². The second kappa shape index (κ2) is 5.55. The van der Waals surface area contributed by atoms with Crippen molar-refractivity contribution < 1.29 is 13.9 Å². The van der Waals surface area contributed by atoms with Crippen LogP contribution in [0.15, 0.2) is 11.0 Å². The number of Topliss-reactive ketones (excluding diaryl/α,β-unsaturated/α-hetero) is 1. The van der Waals surface area contributed by atoms with Crippen molar-refractivity contribution in [1.82, 2.24) is 4.57 Å². The van der Waals surface area contributed by atoms with Gasteiger partial charge in [-0.3, -0.25) is 9.59 Å². The van der Waals surface area contributed by atoms with Gasteiger partial charge in [-0.15, -0.1) is 0 Å². The molecule has 5 atom stereocenters. The number of nitrogens with zero attached hydrogens (tertiary/aromatic N) is 2. The van der Waals surface area contributed by atoms with Gasteiger partial charge < -0.3 is 25.7 Å². The molecule has 1 saturated heterocycles. The van der Waals surface area contributed by atoms with Crippen LogP contribution in [0.5, 0.6) is 5.75 Å². The van der Waals surface area contributed by atoms with Crippen molar-refractivity contribution in [2.24, 2.45) is 23.5 Å². The summed E-state index contributed by atoms with van der Waals surface area (Å²) in [5.41, 5.74) is 12.7. The van der Waals surface area contributed by atoms with Crippen molar-refractivity contribution in [3.8, 4) is 5.75 Å². The number of ketones is 1. The molecule has 0 amide bonds. The number of pyridine rings is 1. The first kappa shape index (κ1) is 18.2. The van der Waals surface area contributed by atoms with E-state index >= 15 is 4.39 Å². The Kier molecular flexibility index (Phi) is 3.36. The highest BCUT2D eigenvalue weighted by Gasteiger charge is 2.66. The van der Waals surface area contributed by atoms with Crippen LogP contribution in [0.1, 0.15) is 43.1 Å². The molecule has 0 spiro atoms. The molecule has 3 unspecified atom stereocenters. The van der Waals surface area contributed by atoms with Crippen LogP contribution in [0.25, 0.3) is 10.9 Å². The lowest BCUT2D eigenvalue weighted by Crippen LogP contribution is -2.36. The van der Waals surface area contributed by atoms with Gasteiger partial charge in [-0.25, -0.2) is 4.39 Å². The van der Waals surface area contributed by atoms with Crippen molar-refractivity contribution in [2.75, 3.05) is 30.3 Å². The monoisotopic (exact) mass is 412 g/mol. The van der Waals surface area contributed by atoms with E-state index in [1.807, 2.05) is 16.4 Å². The van der Waals surface area contributed by atoms with Gasteiger partial charge in [-0.2, -0.15) is 0 Å². The highest BCUT2D eigenvalue weighted by Crippen LogP contribution is 2.62. The minimum Gasteiger partial charge on any atom is -0.487 e. The second-order valence-electron chi connectivity index (χ2n) is 9.65. The molecule has 3 heterocycles. The summed E-state index contributed by atoms with van der Waals surface area (Å²) in [7, 11) is 0. The molecule has 8 heteroatoms. The Morgan fingerprint density at radius 2 is 2.13 bits per heavy atom. The number of halogens is 1. The van der Waals surface area contributed by atoms with Crippen molar-refractivity contribution in [2.45, 2.75) is 38.3 Å². The summed E-state index contributed by atoms with van der Waals surface area (Å²) >= 11 is 0. The zero-order valence-corrected chi connectivity index (χ0v) is 17.1.